The molecule has 1 unspecified atom stereocenters. The maximum atomic E-state index is 12.9. The van der Waals surface area contributed by atoms with Gasteiger partial charge in [0.15, 0.2) is 6.10 Å². The summed E-state index contributed by atoms with van der Waals surface area (Å²) in [4.78, 5) is 35.3. The van der Waals surface area contributed by atoms with Crippen LogP contribution in [0.3, 0.4) is 0 Å². The molecule has 5 rings (SSSR count). The summed E-state index contributed by atoms with van der Waals surface area (Å²) >= 11 is 6.14. The van der Waals surface area contributed by atoms with Crippen molar-refractivity contribution in [2.45, 2.75) is 20.0 Å². The second kappa shape index (κ2) is 10.8. The van der Waals surface area contributed by atoms with Crippen LogP contribution in [0.15, 0.2) is 97.1 Å². The number of hydrogen-bond acceptors (Lipinski definition) is 5. The molecule has 0 saturated carbocycles. The van der Waals surface area contributed by atoms with Crippen molar-refractivity contribution in [1.29, 1.82) is 0 Å². The summed E-state index contributed by atoms with van der Waals surface area (Å²) in [5.74, 6) is -1.09. The van der Waals surface area contributed by atoms with Crippen LogP contribution in [0.25, 0.3) is 33.5 Å². The molecule has 0 bridgehead atoms. The lowest BCUT2D eigenvalue weighted by molar-refractivity contribution is -0.123. The Bertz CT molecular complexity index is 1640. The Morgan fingerprint density at radius 1 is 0.789 bits per heavy atom. The van der Waals surface area contributed by atoms with Gasteiger partial charge in [-0.25, -0.2) is 14.8 Å². The molecule has 0 aliphatic carbocycles. The zero-order valence-corrected chi connectivity index (χ0v) is 21.6. The average molecular weight is 522 g/mol. The van der Waals surface area contributed by atoms with Gasteiger partial charge in [-0.1, -0.05) is 78.3 Å². The minimum absolute atomic E-state index is 0.274. The largest absolute Gasteiger partial charge is 0.449 e. The molecule has 0 fully saturated rings. The van der Waals surface area contributed by atoms with Crippen molar-refractivity contribution >= 4 is 40.2 Å². The molecule has 1 amide bonds. The standard InChI is InChI=1S/C31H24ClN3O3/c1-19-13-15-24(18-25(19)32)33-30(36)20(2)38-31(37)23-14-16-26-27(17-23)35-29(22-11-7-4-8-12-22)28(34-26)21-9-5-3-6-10-21/h3-18,20H,1-2H3,(H,33,36). The number of carbonyl (C=O) groups is 2. The highest BCUT2D eigenvalue weighted by atomic mass is 35.5. The van der Waals surface area contributed by atoms with Crippen LogP contribution in [0.5, 0.6) is 0 Å². The molecule has 1 atom stereocenters. The van der Waals surface area contributed by atoms with E-state index in [1.807, 2.05) is 67.6 Å². The van der Waals surface area contributed by atoms with Crippen LogP contribution in [0.4, 0.5) is 5.69 Å². The number of fused-ring (bicyclic) bond motifs is 1. The molecule has 188 valence electrons. The summed E-state index contributed by atoms with van der Waals surface area (Å²) in [6.07, 6.45) is -1.02. The molecule has 0 radical (unpaired) electrons. The third kappa shape index (κ3) is 5.41. The molecule has 6 nitrogen and oxygen atoms in total. The van der Waals surface area contributed by atoms with Crippen molar-refractivity contribution < 1.29 is 14.3 Å². The fourth-order valence-corrected chi connectivity index (χ4v) is 4.15. The van der Waals surface area contributed by atoms with Gasteiger partial charge in [-0.15, -0.1) is 0 Å². The number of nitrogens with one attached hydrogen (secondary N) is 1. The van der Waals surface area contributed by atoms with Gasteiger partial charge in [0.25, 0.3) is 5.91 Å². The first-order chi connectivity index (χ1) is 18.4. The lowest BCUT2D eigenvalue weighted by atomic mass is 10.0. The van der Waals surface area contributed by atoms with Gasteiger partial charge < -0.3 is 10.1 Å². The summed E-state index contributed by atoms with van der Waals surface area (Å²) in [5.41, 5.74) is 6.20. The highest BCUT2D eigenvalue weighted by molar-refractivity contribution is 6.31. The molecule has 38 heavy (non-hydrogen) atoms. The molecular formula is C31H24ClN3O3. The number of hydrogen-bond donors (Lipinski definition) is 1. The first-order valence-electron chi connectivity index (χ1n) is 12.1. The van der Waals surface area contributed by atoms with Crippen LogP contribution in [-0.2, 0) is 9.53 Å². The summed E-state index contributed by atoms with van der Waals surface area (Å²) in [6.45, 7) is 3.39. The molecular weight excluding hydrogens is 498 g/mol. The minimum atomic E-state index is -1.02. The van der Waals surface area contributed by atoms with Crippen molar-refractivity contribution in [1.82, 2.24) is 9.97 Å². The number of esters is 1. The first kappa shape index (κ1) is 25.1. The normalized spacial score (nSPS) is 11.7. The molecule has 0 aliphatic heterocycles. The van der Waals surface area contributed by atoms with E-state index in [0.29, 0.717) is 27.4 Å². The Balaban J connectivity index is 1.41. The van der Waals surface area contributed by atoms with E-state index in [0.717, 1.165) is 22.4 Å². The number of anilines is 1. The predicted molar refractivity (Wildman–Crippen MR) is 150 cm³/mol. The number of rotatable bonds is 6. The maximum Gasteiger partial charge on any atom is 0.338 e. The average Bonchev–Trinajstić information content (AvgIpc) is 2.94. The van der Waals surface area contributed by atoms with E-state index >= 15 is 0 Å². The molecule has 0 saturated heterocycles. The van der Waals surface area contributed by atoms with E-state index in [2.05, 4.69) is 5.32 Å². The molecule has 0 spiro atoms. The van der Waals surface area contributed by atoms with Crippen LogP contribution in [-0.4, -0.2) is 27.9 Å². The highest BCUT2D eigenvalue weighted by Crippen LogP contribution is 2.31. The number of aromatic nitrogens is 2. The molecule has 1 N–H and O–H groups in total. The van der Waals surface area contributed by atoms with E-state index in [1.54, 1.807) is 36.4 Å². The van der Waals surface area contributed by atoms with E-state index in [1.165, 1.54) is 6.92 Å². The monoisotopic (exact) mass is 521 g/mol. The van der Waals surface area contributed by atoms with Gasteiger partial charge in [0, 0.05) is 21.8 Å². The predicted octanol–water partition coefficient (Wildman–Crippen LogP) is 7.11. The topological polar surface area (TPSA) is 81.2 Å². The van der Waals surface area contributed by atoms with E-state index < -0.39 is 18.0 Å². The Kier molecular flexibility index (Phi) is 7.15. The smallest absolute Gasteiger partial charge is 0.338 e. The van der Waals surface area contributed by atoms with Crippen molar-refractivity contribution in [3.63, 3.8) is 0 Å². The van der Waals surface area contributed by atoms with Gasteiger partial charge in [0.1, 0.15) is 0 Å². The Morgan fingerprint density at radius 3 is 2.00 bits per heavy atom. The van der Waals surface area contributed by atoms with Crippen LogP contribution in [0.1, 0.15) is 22.8 Å². The van der Waals surface area contributed by atoms with E-state index in [9.17, 15) is 9.59 Å². The van der Waals surface area contributed by atoms with Crippen molar-refractivity contribution in [3.05, 3.63) is 113 Å². The number of amides is 1. The van der Waals surface area contributed by atoms with Gasteiger partial charge in [0.2, 0.25) is 0 Å². The fraction of sp³-hybridized carbons (Fsp3) is 0.0968. The lowest BCUT2D eigenvalue weighted by Gasteiger charge is -2.15. The summed E-state index contributed by atoms with van der Waals surface area (Å²) < 4.78 is 5.45. The van der Waals surface area contributed by atoms with Crippen molar-refractivity contribution in [2.24, 2.45) is 0 Å². The van der Waals surface area contributed by atoms with Crippen LogP contribution >= 0.6 is 11.6 Å². The Morgan fingerprint density at radius 2 is 1.39 bits per heavy atom. The number of ether oxygens (including phenoxy) is 1. The first-order valence-corrected chi connectivity index (χ1v) is 12.5. The number of aryl methyl sites for hydroxylation is 1. The highest BCUT2D eigenvalue weighted by Gasteiger charge is 2.21. The Hall–Kier alpha value is -4.55. The quantitative estimate of drug-likeness (QED) is 0.241. The van der Waals surface area contributed by atoms with E-state index in [4.69, 9.17) is 26.3 Å². The molecule has 5 aromatic rings. The van der Waals surface area contributed by atoms with E-state index in [-0.39, 0.29) is 5.56 Å². The SMILES string of the molecule is Cc1ccc(NC(=O)C(C)OC(=O)c2ccc3nc(-c4ccccc4)c(-c4ccccc4)nc3c2)cc1Cl. The van der Waals surface area contributed by atoms with Crippen LogP contribution < -0.4 is 5.32 Å². The van der Waals surface area contributed by atoms with Gasteiger partial charge in [-0.2, -0.15) is 0 Å². The molecule has 4 aromatic carbocycles. The number of benzene rings is 4. The molecule has 0 aliphatic rings. The molecule has 1 aromatic heterocycles. The maximum absolute atomic E-state index is 12.9. The third-order valence-electron chi connectivity index (χ3n) is 6.09. The Labute approximate surface area is 225 Å². The second-order valence-corrected chi connectivity index (χ2v) is 9.26. The number of carbonyl (C=O) groups excluding carboxylic acids is 2. The second-order valence-electron chi connectivity index (χ2n) is 8.86. The lowest BCUT2D eigenvalue weighted by Crippen LogP contribution is -2.30. The van der Waals surface area contributed by atoms with Gasteiger partial charge in [0.05, 0.1) is 28.0 Å². The van der Waals surface area contributed by atoms with Gasteiger partial charge in [-0.05, 0) is 49.7 Å². The zero-order chi connectivity index (χ0) is 26.6. The summed E-state index contributed by atoms with van der Waals surface area (Å²) in [7, 11) is 0. The molecule has 1 heterocycles. The summed E-state index contributed by atoms with van der Waals surface area (Å²) in [6, 6.07) is 29.8. The third-order valence-corrected chi connectivity index (χ3v) is 6.49. The van der Waals surface area contributed by atoms with Crippen LogP contribution in [0, 0.1) is 6.92 Å². The summed E-state index contributed by atoms with van der Waals surface area (Å²) in [5, 5.41) is 3.26. The number of halogens is 1. The van der Waals surface area contributed by atoms with Crippen molar-refractivity contribution in [2.75, 3.05) is 5.32 Å². The zero-order valence-electron chi connectivity index (χ0n) is 20.8. The van der Waals surface area contributed by atoms with Crippen molar-refractivity contribution in [3.8, 4) is 22.5 Å². The fourth-order valence-electron chi connectivity index (χ4n) is 3.97. The molecule has 7 heteroatoms. The van der Waals surface area contributed by atoms with Crippen LogP contribution in [0.2, 0.25) is 5.02 Å². The van der Waals surface area contributed by atoms with Gasteiger partial charge >= 0.3 is 5.97 Å². The number of nitrogens with zero attached hydrogens (tertiary/aromatic N) is 2. The van der Waals surface area contributed by atoms with Gasteiger partial charge in [-0.3, -0.25) is 4.79 Å². The minimum Gasteiger partial charge on any atom is -0.449 e.